The molecular formula is C19H21N5O2. The van der Waals surface area contributed by atoms with Crippen molar-refractivity contribution in [2.75, 3.05) is 31.1 Å². The number of aromatic nitrogens is 3. The van der Waals surface area contributed by atoms with Crippen LogP contribution in [0.3, 0.4) is 0 Å². The van der Waals surface area contributed by atoms with Crippen molar-refractivity contribution in [2.24, 2.45) is 0 Å². The number of carbonyl (C=O) groups excluding carboxylic acids is 1. The number of aryl methyl sites for hydroxylation is 1. The molecular weight excluding hydrogens is 330 g/mol. The van der Waals surface area contributed by atoms with Crippen molar-refractivity contribution in [1.82, 2.24) is 19.4 Å². The lowest BCUT2D eigenvalue weighted by Gasteiger charge is -2.35. The summed E-state index contributed by atoms with van der Waals surface area (Å²) in [7, 11) is 0. The van der Waals surface area contributed by atoms with Crippen LogP contribution < -0.4 is 4.90 Å². The highest BCUT2D eigenvalue weighted by Gasteiger charge is 2.27. The summed E-state index contributed by atoms with van der Waals surface area (Å²) < 4.78 is 7.14. The van der Waals surface area contributed by atoms with Gasteiger partial charge in [-0.1, -0.05) is 5.16 Å². The van der Waals surface area contributed by atoms with Gasteiger partial charge in [-0.3, -0.25) is 4.79 Å². The predicted molar refractivity (Wildman–Crippen MR) is 96.5 cm³/mol. The maximum atomic E-state index is 12.5. The minimum absolute atomic E-state index is 0.0550. The number of fused-ring (bicyclic) bond motifs is 1. The Morgan fingerprint density at radius 2 is 1.96 bits per heavy atom. The Morgan fingerprint density at radius 3 is 2.65 bits per heavy atom. The molecule has 26 heavy (non-hydrogen) atoms. The average Bonchev–Trinajstić information content (AvgIpc) is 3.29. The number of hydrogen-bond donors (Lipinski definition) is 0. The van der Waals surface area contributed by atoms with Crippen molar-refractivity contribution < 1.29 is 9.32 Å². The molecule has 2 fully saturated rings. The van der Waals surface area contributed by atoms with Crippen LogP contribution in [0.1, 0.15) is 40.7 Å². The monoisotopic (exact) mass is 351 g/mol. The SMILES string of the molecule is Cc1cc(C(=O)N2CCN(c3ccc4nc(C5CC5)cn4c3)CC2)no1. The zero-order valence-corrected chi connectivity index (χ0v) is 14.8. The molecule has 7 nitrogen and oxygen atoms in total. The highest BCUT2D eigenvalue weighted by Crippen LogP contribution is 2.39. The number of rotatable bonds is 3. The van der Waals surface area contributed by atoms with Crippen LogP contribution in [-0.4, -0.2) is 51.5 Å². The fourth-order valence-electron chi connectivity index (χ4n) is 3.56. The molecule has 0 N–H and O–H groups in total. The predicted octanol–water partition coefficient (Wildman–Crippen LogP) is 2.47. The Kier molecular flexibility index (Phi) is 3.48. The fourth-order valence-corrected chi connectivity index (χ4v) is 3.56. The smallest absolute Gasteiger partial charge is 0.276 e. The van der Waals surface area contributed by atoms with Gasteiger partial charge in [0.15, 0.2) is 5.69 Å². The lowest BCUT2D eigenvalue weighted by Crippen LogP contribution is -2.48. The average molecular weight is 351 g/mol. The molecule has 3 aromatic rings. The lowest BCUT2D eigenvalue weighted by atomic mass is 10.2. The van der Waals surface area contributed by atoms with Gasteiger partial charge in [-0.15, -0.1) is 0 Å². The molecule has 0 spiro atoms. The number of pyridine rings is 1. The van der Waals surface area contributed by atoms with Gasteiger partial charge in [0, 0.05) is 50.6 Å². The Bertz CT molecular complexity index is 963. The molecule has 4 heterocycles. The molecule has 0 atom stereocenters. The van der Waals surface area contributed by atoms with Gasteiger partial charge in [0.05, 0.1) is 11.4 Å². The van der Waals surface area contributed by atoms with Crippen LogP contribution in [0, 0.1) is 6.92 Å². The van der Waals surface area contributed by atoms with E-state index in [1.54, 1.807) is 13.0 Å². The molecule has 0 bridgehead atoms. The summed E-state index contributed by atoms with van der Waals surface area (Å²) in [4.78, 5) is 21.3. The molecule has 1 aliphatic heterocycles. The summed E-state index contributed by atoms with van der Waals surface area (Å²) in [6.45, 7) is 4.76. The minimum Gasteiger partial charge on any atom is -0.367 e. The normalized spacial score (nSPS) is 17.9. The second-order valence-electron chi connectivity index (χ2n) is 7.19. The van der Waals surface area contributed by atoms with Gasteiger partial charge in [-0.2, -0.15) is 0 Å². The van der Waals surface area contributed by atoms with E-state index in [0.717, 1.165) is 18.7 Å². The van der Waals surface area contributed by atoms with E-state index < -0.39 is 0 Å². The molecule has 1 saturated carbocycles. The quantitative estimate of drug-likeness (QED) is 0.725. The topological polar surface area (TPSA) is 66.9 Å². The number of imidazole rings is 1. The first-order chi connectivity index (χ1) is 12.7. The van der Waals surface area contributed by atoms with Crippen molar-refractivity contribution in [1.29, 1.82) is 0 Å². The third-order valence-corrected chi connectivity index (χ3v) is 5.23. The molecule has 0 radical (unpaired) electrons. The molecule has 134 valence electrons. The van der Waals surface area contributed by atoms with Gasteiger partial charge in [0.25, 0.3) is 5.91 Å². The Morgan fingerprint density at radius 1 is 1.15 bits per heavy atom. The van der Waals surface area contributed by atoms with Gasteiger partial charge in [0.2, 0.25) is 0 Å². The van der Waals surface area contributed by atoms with Crippen LogP contribution in [-0.2, 0) is 0 Å². The van der Waals surface area contributed by atoms with Crippen LogP contribution >= 0.6 is 0 Å². The molecule has 0 unspecified atom stereocenters. The highest BCUT2D eigenvalue weighted by atomic mass is 16.5. The summed E-state index contributed by atoms with van der Waals surface area (Å²) in [5.74, 6) is 1.26. The Labute approximate surface area is 151 Å². The first-order valence-corrected chi connectivity index (χ1v) is 9.13. The first-order valence-electron chi connectivity index (χ1n) is 9.13. The fraction of sp³-hybridized carbons (Fsp3) is 0.421. The van der Waals surface area contributed by atoms with E-state index in [-0.39, 0.29) is 5.91 Å². The van der Waals surface area contributed by atoms with E-state index in [1.165, 1.54) is 24.2 Å². The van der Waals surface area contributed by atoms with Gasteiger partial charge in [-0.25, -0.2) is 4.98 Å². The van der Waals surface area contributed by atoms with Gasteiger partial charge in [0.1, 0.15) is 11.4 Å². The summed E-state index contributed by atoms with van der Waals surface area (Å²) in [6.07, 6.45) is 6.82. The number of anilines is 1. The van der Waals surface area contributed by atoms with Gasteiger partial charge >= 0.3 is 0 Å². The maximum Gasteiger partial charge on any atom is 0.276 e. The van der Waals surface area contributed by atoms with Gasteiger partial charge < -0.3 is 18.7 Å². The lowest BCUT2D eigenvalue weighted by molar-refractivity contribution is 0.0736. The van der Waals surface area contributed by atoms with E-state index in [1.807, 2.05) is 4.90 Å². The summed E-state index contributed by atoms with van der Waals surface area (Å²) in [6, 6.07) is 5.90. The minimum atomic E-state index is -0.0550. The third-order valence-electron chi connectivity index (χ3n) is 5.23. The highest BCUT2D eigenvalue weighted by molar-refractivity contribution is 5.92. The zero-order valence-electron chi connectivity index (χ0n) is 14.8. The van der Waals surface area contributed by atoms with Crippen LogP contribution in [0.2, 0.25) is 0 Å². The molecule has 0 aromatic carbocycles. The largest absolute Gasteiger partial charge is 0.367 e. The zero-order chi connectivity index (χ0) is 17.7. The molecule has 2 aliphatic rings. The van der Waals surface area contributed by atoms with Crippen molar-refractivity contribution in [3.63, 3.8) is 0 Å². The second kappa shape index (κ2) is 5.86. The number of amides is 1. The molecule has 5 rings (SSSR count). The van der Waals surface area contributed by atoms with E-state index in [4.69, 9.17) is 9.51 Å². The standard InChI is InChI=1S/C19H21N5O2/c1-13-10-16(21-26-13)19(25)23-8-6-22(7-9-23)15-4-5-18-20-17(14-2-3-14)12-24(18)11-15/h4-5,10-12,14H,2-3,6-9H2,1H3. The molecule has 7 heteroatoms. The van der Waals surface area contributed by atoms with Crippen LogP contribution in [0.5, 0.6) is 0 Å². The van der Waals surface area contributed by atoms with E-state index in [0.29, 0.717) is 30.5 Å². The molecule has 1 amide bonds. The number of nitrogens with zero attached hydrogens (tertiary/aromatic N) is 5. The molecule has 1 saturated heterocycles. The van der Waals surface area contributed by atoms with Crippen molar-refractivity contribution in [2.45, 2.75) is 25.7 Å². The third kappa shape index (κ3) is 2.73. The van der Waals surface area contributed by atoms with E-state index in [2.05, 4.69) is 39.0 Å². The van der Waals surface area contributed by atoms with Crippen molar-refractivity contribution >= 4 is 17.2 Å². The number of hydrogen-bond acceptors (Lipinski definition) is 5. The van der Waals surface area contributed by atoms with Crippen molar-refractivity contribution in [3.05, 3.63) is 47.7 Å². The summed E-state index contributed by atoms with van der Waals surface area (Å²) >= 11 is 0. The second-order valence-corrected chi connectivity index (χ2v) is 7.19. The molecule has 1 aliphatic carbocycles. The number of carbonyl (C=O) groups is 1. The Balaban J connectivity index is 1.28. The summed E-state index contributed by atoms with van der Waals surface area (Å²) in [5.41, 5.74) is 3.77. The summed E-state index contributed by atoms with van der Waals surface area (Å²) in [5, 5.41) is 3.83. The van der Waals surface area contributed by atoms with Crippen molar-refractivity contribution in [3.8, 4) is 0 Å². The van der Waals surface area contributed by atoms with Gasteiger partial charge in [-0.05, 0) is 31.9 Å². The first kappa shape index (κ1) is 15.4. The van der Waals surface area contributed by atoms with E-state index >= 15 is 0 Å². The molecule has 3 aromatic heterocycles. The van der Waals surface area contributed by atoms with Crippen LogP contribution in [0.25, 0.3) is 5.65 Å². The number of piperazine rings is 1. The van der Waals surface area contributed by atoms with Crippen LogP contribution in [0.15, 0.2) is 35.1 Å². The Hall–Kier alpha value is -2.83. The van der Waals surface area contributed by atoms with Crippen LogP contribution in [0.4, 0.5) is 5.69 Å². The maximum absolute atomic E-state index is 12.5. The van der Waals surface area contributed by atoms with E-state index in [9.17, 15) is 4.79 Å².